The number of nitrogens with one attached hydrogen (secondary N) is 2. The van der Waals surface area contributed by atoms with Gasteiger partial charge in [-0.05, 0) is 32.7 Å². The van der Waals surface area contributed by atoms with Crippen LogP contribution in [-0.4, -0.2) is 160 Å². The third-order valence-corrected chi connectivity index (χ3v) is 9.98. The molecule has 0 amide bonds. The molecule has 3 saturated heterocycles. The maximum atomic E-state index is 11.3. The lowest BCUT2D eigenvalue weighted by molar-refractivity contribution is -0.373. The maximum absolute atomic E-state index is 11.3. The van der Waals surface area contributed by atoms with E-state index in [4.69, 9.17) is 46.6 Å². The molecular weight excluding hydrogens is 584 g/mol. The van der Waals surface area contributed by atoms with E-state index in [1.165, 1.54) is 0 Å². The van der Waals surface area contributed by atoms with Gasteiger partial charge in [0.25, 0.3) is 0 Å². The van der Waals surface area contributed by atoms with Gasteiger partial charge in [-0.1, -0.05) is 12.8 Å². The monoisotopic (exact) mass is 636 g/mol. The molecule has 10 unspecified atom stereocenters. The SMILES string of the molecule is CNC1C(O)C2O[C@H](O[C@@H]3C(N)C[C@@H](N)C(O)C3O)C(N)C[C@@H]2O[C@H]1O[C@H]1OC(CO)[C@@H](NCC2(N)CCCC2)C(O)C1O. The van der Waals surface area contributed by atoms with Gasteiger partial charge in [0.2, 0.25) is 0 Å². The Morgan fingerprint density at radius 3 is 2.11 bits per heavy atom. The molecule has 256 valence electrons. The Morgan fingerprint density at radius 2 is 1.45 bits per heavy atom. The van der Waals surface area contributed by atoms with Crippen molar-refractivity contribution in [2.75, 3.05) is 20.2 Å². The van der Waals surface area contributed by atoms with Crippen LogP contribution in [0.2, 0.25) is 0 Å². The van der Waals surface area contributed by atoms with E-state index >= 15 is 0 Å². The molecule has 0 radical (unpaired) electrons. The number of ether oxygens (including phenoxy) is 5. The number of hydrogen-bond acceptors (Lipinski definition) is 17. The van der Waals surface area contributed by atoms with Gasteiger partial charge in [-0.2, -0.15) is 0 Å². The Hall–Kier alpha value is -0.680. The van der Waals surface area contributed by atoms with Gasteiger partial charge < -0.3 is 87.9 Å². The molecule has 2 saturated carbocycles. The van der Waals surface area contributed by atoms with E-state index < -0.39 is 116 Å². The van der Waals surface area contributed by atoms with E-state index in [1.807, 2.05) is 0 Å². The summed E-state index contributed by atoms with van der Waals surface area (Å²) in [7, 11) is 1.58. The highest BCUT2D eigenvalue weighted by molar-refractivity contribution is 5.02. The minimum absolute atomic E-state index is 0.158. The standard InChI is InChI=1S/C27H52N6O11/c1-32-16-19(37)23-13(7-12(30)24(43-23)42-22-11(29)6-10(28)17(35)20(22)38)40-25(16)44-26-21(39)18(36)15(14(8-34)41-26)33-9-27(31)4-2-3-5-27/h10-26,32-39H,2-9,28-31H2,1H3/t10-,11?,12?,13+,14?,15-,16?,17?,18?,19?,20?,21?,22-,23?,24+,25+,26-/m1/s1. The maximum Gasteiger partial charge on any atom is 0.189 e. The zero-order valence-corrected chi connectivity index (χ0v) is 25.0. The normalized spacial score (nSPS) is 51.2. The molecule has 16 N–H and O–H groups in total. The van der Waals surface area contributed by atoms with E-state index in [2.05, 4.69) is 10.6 Å². The van der Waals surface area contributed by atoms with Crippen molar-refractivity contribution >= 4 is 0 Å². The zero-order chi connectivity index (χ0) is 31.9. The average Bonchev–Trinajstić information content (AvgIpc) is 3.42. The van der Waals surface area contributed by atoms with Crippen LogP contribution in [0.4, 0.5) is 0 Å². The molecule has 17 atom stereocenters. The first-order valence-electron chi connectivity index (χ1n) is 15.6. The fourth-order valence-electron chi connectivity index (χ4n) is 7.26. The van der Waals surface area contributed by atoms with Gasteiger partial charge in [-0.25, -0.2) is 0 Å². The van der Waals surface area contributed by atoms with Crippen molar-refractivity contribution in [3.63, 3.8) is 0 Å². The first-order chi connectivity index (χ1) is 20.9. The van der Waals surface area contributed by atoms with Crippen LogP contribution in [0.3, 0.4) is 0 Å². The summed E-state index contributed by atoms with van der Waals surface area (Å²) in [5.74, 6) is 0. The lowest BCUT2D eigenvalue weighted by Gasteiger charge is -2.51. The van der Waals surface area contributed by atoms with Gasteiger partial charge >= 0.3 is 0 Å². The molecule has 44 heavy (non-hydrogen) atoms. The van der Waals surface area contributed by atoms with Gasteiger partial charge in [0, 0.05) is 24.2 Å². The summed E-state index contributed by atoms with van der Waals surface area (Å²) >= 11 is 0. The Bertz CT molecular complexity index is 935. The van der Waals surface area contributed by atoms with Crippen LogP contribution in [0.1, 0.15) is 38.5 Å². The van der Waals surface area contributed by atoms with Gasteiger partial charge in [-0.15, -0.1) is 0 Å². The van der Waals surface area contributed by atoms with Gasteiger partial charge in [-0.3, -0.25) is 0 Å². The summed E-state index contributed by atoms with van der Waals surface area (Å²) in [6, 6.07) is -3.83. The third kappa shape index (κ3) is 6.95. The summed E-state index contributed by atoms with van der Waals surface area (Å²) in [6.45, 7) is -0.0695. The molecule has 0 bridgehead atoms. The average molecular weight is 637 g/mol. The van der Waals surface area contributed by atoms with Crippen LogP contribution >= 0.6 is 0 Å². The van der Waals surface area contributed by atoms with Crippen LogP contribution in [0.15, 0.2) is 0 Å². The molecule has 2 aliphatic carbocycles. The van der Waals surface area contributed by atoms with E-state index in [-0.39, 0.29) is 12.8 Å². The number of nitrogens with two attached hydrogens (primary N) is 4. The first kappa shape index (κ1) is 34.6. The number of fused-ring (bicyclic) bond motifs is 1. The largest absolute Gasteiger partial charge is 0.394 e. The van der Waals surface area contributed by atoms with Crippen LogP contribution in [0.25, 0.3) is 0 Å². The molecule has 17 heteroatoms. The summed E-state index contributed by atoms with van der Waals surface area (Å²) in [6.07, 6.45) is -9.85. The second-order valence-corrected chi connectivity index (χ2v) is 13.2. The van der Waals surface area contributed by atoms with Crippen LogP contribution in [0.5, 0.6) is 0 Å². The van der Waals surface area contributed by atoms with E-state index in [1.54, 1.807) is 7.05 Å². The fraction of sp³-hybridized carbons (Fsp3) is 1.00. The summed E-state index contributed by atoms with van der Waals surface area (Å²) in [4.78, 5) is 0. The first-order valence-corrected chi connectivity index (χ1v) is 15.6. The number of aliphatic hydroxyl groups excluding tert-OH is 6. The molecule has 17 nitrogen and oxygen atoms in total. The molecular formula is C27H52N6O11. The van der Waals surface area contributed by atoms with Crippen molar-refractivity contribution in [2.24, 2.45) is 22.9 Å². The summed E-state index contributed by atoms with van der Waals surface area (Å²) < 4.78 is 30.0. The highest BCUT2D eigenvalue weighted by atomic mass is 16.8. The Labute approximate surface area is 256 Å². The summed E-state index contributed by atoms with van der Waals surface area (Å²) in [5, 5.41) is 70.2. The van der Waals surface area contributed by atoms with Crippen molar-refractivity contribution in [1.29, 1.82) is 0 Å². The predicted molar refractivity (Wildman–Crippen MR) is 152 cm³/mol. The van der Waals surface area contributed by atoms with E-state index in [9.17, 15) is 30.6 Å². The molecule has 0 spiro atoms. The second-order valence-electron chi connectivity index (χ2n) is 13.2. The van der Waals surface area contributed by atoms with Crippen LogP contribution < -0.4 is 33.6 Å². The molecule has 5 rings (SSSR count). The van der Waals surface area contributed by atoms with Crippen molar-refractivity contribution < 1.29 is 54.3 Å². The minimum atomic E-state index is -1.51. The van der Waals surface area contributed by atoms with Crippen molar-refractivity contribution in [3.8, 4) is 0 Å². The Balaban J connectivity index is 1.21. The highest BCUT2D eigenvalue weighted by Gasteiger charge is 2.54. The zero-order valence-electron chi connectivity index (χ0n) is 25.0. The Kier molecular flexibility index (Phi) is 11.2. The van der Waals surface area contributed by atoms with Crippen LogP contribution in [-0.2, 0) is 23.7 Å². The van der Waals surface area contributed by atoms with Crippen LogP contribution in [0, 0.1) is 0 Å². The van der Waals surface area contributed by atoms with Crippen molar-refractivity contribution in [3.05, 3.63) is 0 Å². The Morgan fingerprint density at radius 1 is 0.750 bits per heavy atom. The third-order valence-electron chi connectivity index (χ3n) is 9.98. The molecule has 3 heterocycles. The van der Waals surface area contributed by atoms with Gasteiger partial charge in [0.05, 0.1) is 36.9 Å². The van der Waals surface area contributed by atoms with Gasteiger partial charge in [0.1, 0.15) is 42.7 Å². The second kappa shape index (κ2) is 14.2. The summed E-state index contributed by atoms with van der Waals surface area (Å²) in [5.41, 5.74) is 24.4. The molecule has 0 aromatic heterocycles. The number of hydrogen-bond donors (Lipinski definition) is 12. The van der Waals surface area contributed by atoms with Crippen molar-refractivity contribution in [1.82, 2.24) is 10.6 Å². The molecule has 3 aliphatic heterocycles. The minimum Gasteiger partial charge on any atom is -0.394 e. The molecule has 5 fully saturated rings. The molecule has 0 aromatic rings. The van der Waals surface area contributed by atoms with E-state index in [0.29, 0.717) is 6.54 Å². The predicted octanol–water partition coefficient (Wildman–Crippen LogP) is -6.05. The number of aliphatic hydroxyl groups is 6. The quantitative estimate of drug-likeness (QED) is 0.112. The topological polar surface area (TPSA) is 296 Å². The van der Waals surface area contributed by atoms with Gasteiger partial charge in [0.15, 0.2) is 18.9 Å². The van der Waals surface area contributed by atoms with E-state index in [0.717, 1.165) is 25.7 Å². The molecule has 5 aliphatic rings. The smallest absolute Gasteiger partial charge is 0.189 e. The fourth-order valence-corrected chi connectivity index (χ4v) is 7.26. The van der Waals surface area contributed by atoms with Crippen molar-refractivity contribution in [2.45, 2.75) is 148 Å². The lowest BCUT2D eigenvalue weighted by atomic mass is 9.84. The lowest BCUT2D eigenvalue weighted by Crippen LogP contribution is -2.70. The number of likely N-dealkylation sites (N-methyl/N-ethyl adjacent to an activating group) is 1. The highest BCUT2D eigenvalue weighted by Crippen LogP contribution is 2.36. The molecule has 0 aromatic carbocycles. The number of rotatable bonds is 9.